The number of aromatic nitrogens is 1. The summed E-state index contributed by atoms with van der Waals surface area (Å²) < 4.78 is 0.672. The second kappa shape index (κ2) is 4.18. The molecule has 0 saturated heterocycles. The van der Waals surface area contributed by atoms with Gasteiger partial charge in [0.1, 0.15) is 9.52 Å². The Bertz CT molecular complexity index is 216. The Hall–Kier alpha value is 0.0600. The smallest absolute Gasteiger partial charge is 0.147 e. The first-order valence-electron chi connectivity index (χ1n) is 2.48. The molecule has 0 bridgehead atoms. The molecule has 62 valence electrons. The second-order valence-corrected chi connectivity index (χ2v) is 3.16. The van der Waals surface area contributed by atoms with Gasteiger partial charge in [0, 0.05) is 0 Å². The minimum atomic E-state index is 0. The maximum atomic E-state index is 5.68. The monoisotopic (exact) mass is 305 g/mol. The number of nitrogens with two attached hydrogens (primary N) is 2. The highest BCUT2D eigenvalue weighted by Crippen LogP contribution is 2.22. The predicted molar refractivity (Wildman–Crippen MR) is 58.0 cm³/mol. The molecule has 0 amide bonds. The summed E-state index contributed by atoms with van der Waals surface area (Å²) in [5.74, 6) is 0.328. The Kier molecular flexibility index (Phi) is 4.20. The first-order chi connectivity index (χ1) is 4.61. The molecule has 1 aromatic rings. The van der Waals surface area contributed by atoms with Crippen LogP contribution in [0.4, 0.5) is 11.5 Å². The molecule has 0 aliphatic heterocycles. The Labute approximate surface area is 89.0 Å². The maximum absolute atomic E-state index is 5.68. The van der Waals surface area contributed by atoms with Crippen LogP contribution in [0.5, 0.6) is 0 Å². The van der Waals surface area contributed by atoms with E-state index >= 15 is 0 Å². The van der Waals surface area contributed by atoms with E-state index in [2.05, 4.69) is 4.98 Å². The van der Waals surface area contributed by atoms with Crippen LogP contribution in [-0.4, -0.2) is 4.98 Å². The molecule has 1 heterocycles. The van der Waals surface area contributed by atoms with Gasteiger partial charge in [-0.2, -0.15) is 0 Å². The number of halogens is 3. The number of rotatable bonds is 0. The van der Waals surface area contributed by atoms with E-state index in [0.717, 1.165) is 0 Å². The summed E-state index contributed by atoms with van der Waals surface area (Å²) in [6.45, 7) is 0. The molecule has 4 N–H and O–H groups in total. The minimum Gasteiger partial charge on any atom is -0.396 e. The molecule has 0 atom stereocenters. The quantitative estimate of drug-likeness (QED) is 0.568. The van der Waals surface area contributed by atoms with Crippen LogP contribution in [0.1, 0.15) is 0 Å². The Morgan fingerprint density at radius 3 is 2.45 bits per heavy atom. The lowest BCUT2D eigenvalue weighted by Gasteiger charge is -1.99. The highest BCUT2D eigenvalue weighted by Gasteiger charge is 2.01. The van der Waals surface area contributed by atoms with E-state index in [9.17, 15) is 0 Å². The standard InChI is InChI=1S/C5H5ClIN3.ClH/c6-2-1-3(8)5(9)10-4(2)7;/h1H,8H2,(H2,9,10);1H. The lowest BCUT2D eigenvalue weighted by Crippen LogP contribution is -1.99. The summed E-state index contributed by atoms with van der Waals surface area (Å²) in [5.41, 5.74) is 11.2. The maximum Gasteiger partial charge on any atom is 0.147 e. The third-order valence-electron chi connectivity index (χ3n) is 0.994. The van der Waals surface area contributed by atoms with Crippen molar-refractivity contribution in [2.24, 2.45) is 0 Å². The summed E-state index contributed by atoms with van der Waals surface area (Å²) in [6, 6.07) is 1.59. The van der Waals surface area contributed by atoms with Gasteiger partial charge >= 0.3 is 0 Å². The topological polar surface area (TPSA) is 64.9 Å². The number of nitrogens with zero attached hydrogens (tertiary/aromatic N) is 1. The zero-order chi connectivity index (χ0) is 7.72. The molecule has 0 aromatic carbocycles. The van der Waals surface area contributed by atoms with Gasteiger partial charge < -0.3 is 11.5 Å². The number of pyridine rings is 1. The van der Waals surface area contributed by atoms with Crippen molar-refractivity contribution in [1.82, 2.24) is 4.98 Å². The molecule has 0 aliphatic carbocycles. The van der Waals surface area contributed by atoms with E-state index in [-0.39, 0.29) is 12.4 Å². The van der Waals surface area contributed by atoms with Gasteiger partial charge in [-0.15, -0.1) is 12.4 Å². The van der Waals surface area contributed by atoms with Gasteiger partial charge in [-0.05, 0) is 28.7 Å². The van der Waals surface area contributed by atoms with Crippen LogP contribution in [0, 0.1) is 3.70 Å². The van der Waals surface area contributed by atoms with Crippen molar-refractivity contribution in [3.05, 3.63) is 14.8 Å². The Balaban J connectivity index is 0.000001000. The molecule has 11 heavy (non-hydrogen) atoms. The first kappa shape index (κ1) is 11.1. The Morgan fingerprint density at radius 2 is 2.00 bits per heavy atom. The van der Waals surface area contributed by atoms with E-state index in [1.54, 1.807) is 6.07 Å². The van der Waals surface area contributed by atoms with Crippen molar-refractivity contribution in [2.45, 2.75) is 0 Å². The summed E-state index contributed by atoms with van der Waals surface area (Å²) in [4.78, 5) is 3.88. The van der Waals surface area contributed by atoms with E-state index in [0.29, 0.717) is 20.2 Å². The van der Waals surface area contributed by atoms with Gasteiger partial charge in [-0.25, -0.2) is 4.98 Å². The molecule has 0 aliphatic rings. The van der Waals surface area contributed by atoms with Gasteiger partial charge in [0.05, 0.1) is 10.7 Å². The fourth-order valence-corrected chi connectivity index (χ4v) is 1.07. The first-order valence-corrected chi connectivity index (χ1v) is 3.94. The van der Waals surface area contributed by atoms with E-state index in [4.69, 9.17) is 23.1 Å². The van der Waals surface area contributed by atoms with Crippen molar-refractivity contribution in [2.75, 3.05) is 11.5 Å². The number of nitrogen functional groups attached to an aromatic ring is 2. The van der Waals surface area contributed by atoms with Gasteiger partial charge in [0.15, 0.2) is 0 Å². The molecule has 0 fully saturated rings. The third kappa shape index (κ3) is 2.53. The largest absolute Gasteiger partial charge is 0.396 e. The third-order valence-corrected chi connectivity index (χ3v) is 2.42. The van der Waals surface area contributed by atoms with Gasteiger partial charge in [-0.3, -0.25) is 0 Å². The van der Waals surface area contributed by atoms with Crippen LogP contribution < -0.4 is 11.5 Å². The minimum absolute atomic E-state index is 0. The van der Waals surface area contributed by atoms with Gasteiger partial charge in [0.25, 0.3) is 0 Å². The highest BCUT2D eigenvalue weighted by molar-refractivity contribution is 14.1. The highest BCUT2D eigenvalue weighted by atomic mass is 127. The molecule has 1 rings (SSSR count). The summed E-state index contributed by atoms with van der Waals surface area (Å²) in [5, 5.41) is 0.535. The predicted octanol–water partition coefficient (Wildman–Crippen LogP) is 1.93. The van der Waals surface area contributed by atoms with Crippen LogP contribution in [0.25, 0.3) is 0 Å². The number of hydrogen-bond acceptors (Lipinski definition) is 3. The van der Waals surface area contributed by atoms with Crippen molar-refractivity contribution < 1.29 is 0 Å². The number of anilines is 2. The zero-order valence-corrected chi connectivity index (χ0v) is 9.07. The molecule has 0 spiro atoms. The Morgan fingerprint density at radius 1 is 1.45 bits per heavy atom. The van der Waals surface area contributed by atoms with E-state index in [1.807, 2.05) is 22.6 Å². The van der Waals surface area contributed by atoms with Crippen molar-refractivity contribution in [3.63, 3.8) is 0 Å². The SMILES string of the molecule is Cl.Nc1cc(Cl)c(I)nc1N. The molecule has 3 nitrogen and oxygen atoms in total. The lowest BCUT2D eigenvalue weighted by molar-refractivity contribution is 1.29. The number of hydrogen-bond donors (Lipinski definition) is 2. The van der Waals surface area contributed by atoms with E-state index < -0.39 is 0 Å². The molecule has 0 saturated carbocycles. The van der Waals surface area contributed by atoms with Crippen LogP contribution in [0.15, 0.2) is 6.07 Å². The van der Waals surface area contributed by atoms with Crippen molar-refractivity contribution in [3.8, 4) is 0 Å². The molecular weight excluding hydrogens is 300 g/mol. The van der Waals surface area contributed by atoms with Crippen LogP contribution >= 0.6 is 46.6 Å². The molecule has 1 aromatic heterocycles. The van der Waals surface area contributed by atoms with Gasteiger partial charge in [-0.1, -0.05) is 11.6 Å². The molecule has 0 radical (unpaired) electrons. The average molecular weight is 306 g/mol. The fourth-order valence-electron chi connectivity index (χ4n) is 0.494. The van der Waals surface area contributed by atoms with Crippen LogP contribution in [0.2, 0.25) is 5.02 Å². The molecule has 0 unspecified atom stereocenters. The van der Waals surface area contributed by atoms with E-state index in [1.165, 1.54) is 0 Å². The molecular formula is C5H6Cl2IN3. The molecule has 6 heteroatoms. The van der Waals surface area contributed by atoms with Crippen LogP contribution in [0.3, 0.4) is 0 Å². The zero-order valence-electron chi connectivity index (χ0n) is 5.34. The fraction of sp³-hybridized carbons (Fsp3) is 0. The van der Waals surface area contributed by atoms with Crippen molar-refractivity contribution in [1.29, 1.82) is 0 Å². The average Bonchev–Trinajstić information content (AvgIpc) is 1.84. The van der Waals surface area contributed by atoms with Crippen LogP contribution in [-0.2, 0) is 0 Å². The lowest BCUT2D eigenvalue weighted by atomic mass is 10.4. The summed E-state index contributed by atoms with van der Waals surface area (Å²) in [6.07, 6.45) is 0. The summed E-state index contributed by atoms with van der Waals surface area (Å²) in [7, 11) is 0. The normalized spacial score (nSPS) is 8.91. The van der Waals surface area contributed by atoms with Crippen molar-refractivity contribution >= 4 is 58.1 Å². The van der Waals surface area contributed by atoms with Gasteiger partial charge in [0.2, 0.25) is 0 Å². The summed E-state index contributed by atoms with van der Waals surface area (Å²) >= 11 is 7.67. The second-order valence-electron chi connectivity index (χ2n) is 1.74.